The number of nitrogens with two attached hydrogens (primary N) is 1. The molecule has 3 heteroatoms. The average Bonchev–Trinajstić information content (AvgIpc) is 2.13. The zero-order valence-corrected chi connectivity index (χ0v) is 8.67. The van der Waals surface area contributed by atoms with Gasteiger partial charge in [0.2, 0.25) is 0 Å². The van der Waals surface area contributed by atoms with Gasteiger partial charge in [-0.25, -0.2) is 0 Å². The molecule has 0 aliphatic carbocycles. The van der Waals surface area contributed by atoms with Gasteiger partial charge in [0.25, 0.3) is 0 Å². The lowest BCUT2D eigenvalue weighted by molar-refractivity contribution is 0.405. The number of hydrogen-bond donors (Lipinski definition) is 1. The summed E-state index contributed by atoms with van der Waals surface area (Å²) in [5.41, 5.74) is 5.52. The highest BCUT2D eigenvalue weighted by molar-refractivity contribution is 4.60. The molecular weight excluding hydrogens is 164 g/mol. The Bertz CT molecular complexity index is 111. The number of rotatable bonds is 9. The topological polar surface area (TPSA) is 55.4 Å². The third kappa shape index (κ3) is 7.91. The molecule has 0 rings (SSSR count). The van der Waals surface area contributed by atoms with E-state index in [2.05, 4.69) is 12.1 Å². The summed E-state index contributed by atoms with van der Waals surface area (Å²) in [7, 11) is 0. The third-order valence-corrected chi connectivity index (χ3v) is 2.38. The van der Waals surface area contributed by atoms with E-state index in [9.17, 15) is 4.91 Å². The molecule has 13 heavy (non-hydrogen) atoms. The summed E-state index contributed by atoms with van der Waals surface area (Å²) in [4.78, 5) is 9.83. The predicted molar refractivity (Wildman–Crippen MR) is 56.6 cm³/mol. The second-order valence-corrected chi connectivity index (χ2v) is 3.58. The first-order valence-corrected chi connectivity index (χ1v) is 5.34. The molecule has 0 aliphatic rings. The molecule has 78 valence electrons. The van der Waals surface area contributed by atoms with Crippen LogP contribution >= 0.6 is 0 Å². The van der Waals surface area contributed by atoms with E-state index in [0.29, 0.717) is 6.54 Å². The fourth-order valence-corrected chi connectivity index (χ4v) is 1.69. The minimum atomic E-state index is 0.474. The highest BCUT2D eigenvalue weighted by Gasteiger charge is 2.05. The third-order valence-electron chi connectivity index (χ3n) is 2.38. The molecule has 0 spiro atoms. The van der Waals surface area contributed by atoms with E-state index in [0.717, 1.165) is 31.7 Å². The molecule has 0 bridgehead atoms. The van der Waals surface area contributed by atoms with E-state index >= 15 is 0 Å². The van der Waals surface area contributed by atoms with E-state index in [1.54, 1.807) is 0 Å². The lowest BCUT2D eigenvalue weighted by Gasteiger charge is -2.13. The van der Waals surface area contributed by atoms with E-state index in [1.807, 2.05) is 0 Å². The Hall–Kier alpha value is -0.440. The summed E-state index contributed by atoms with van der Waals surface area (Å²) in [5, 5.41) is 2.85. The normalized spacial score (nSPS) is 12.8. The zero-order valence-electron chi connectivity index (χ0n) is 8.67. The van der Waals surface area contributed by atoms with Gasteiger partial charge in [0, 0.05) is 0 Å². The zero-order chi connectivity index (χ0) is 9.94. The van der Waals surface area contributed by atoms with Gasteiger partial charge in [-0.15, -0.1) is 0 Å². The maximum atomic E-state index is 9.83. The van der Waals surface area contributed by atoms with Crippen molar-refractivity contribution in [3.05, 3.63) is 4.91 Å². The van der Waals surface area contributed by atoms with Gasteiger partial charge in [-0.3, -0.25) is 0 Å². The molecule has 1 unspecified atom stereocenters. The Kier molecular flexibility index (Phi) is 9.32. The highest BCUT2D eigenvalue weighted by Crippen LogP contribution is 2.17. The molecule has 2 N–H and O–H groups in total. The van der Waals surface area contributed by atoms with Gasteiger partial charge < -0.3 is 5.73 Å². The fourth-order valence-electron chi connectivity index (χ4n) is 1.69. The van der Waals surface area contributed by atoms with Crippen molar-refractivity contribution in [2.45, 2.75) is 45.4 Å². The molecule has 0 saturated heterocycles. The lowest BCUT2D eigenvalue weighted by atomic mass is 9.94. The summed E-state index contributed by atoms with van der Waals surface area (Å²) in [6, 6.07) is 0. The Morgan fingerprint density at radius 2 is 2.00 bits per heavy atom. The van der Waals surface area contributed by atoms with Crippen LogP contribution in [0.15, 0.2) is 5.18 Å². The largest absolute Gasteiger partial charge is 0.330 e. The first-order chi connectivity index (χ1) is 6.35. The van der Waals surface area contributed by atoms with Crippen molar-refractivity contribution in [3.8, 4) is 0 Å². The second kappa shape index (κ2) is 9.65. The first-order valence-electron chi connectivity index (χ1n) is 5.34. The van der Waals surface area contributed by atoms with Crippen molar-refractivity contribution in [1.82, 2.24) is 0 Å². The van der Waals surface area contributed by atoms with Crippen molar-refractivity contribution in [2.24, 2.45) is 16.8 Å². The second-order valence-electron chi connectivity index (χ2n) is 3.58. The highest BCUT2D eigenvalue weighted by atomic mass is 16.3. The Labute approximate surface area is 81.1 Å². The van der Waals surface area contributed by atoms with Crippen molar-refractivity contribution in [2.75, 3.05) is 13.1 Å². The monoisotopic (exact) mass is 186 g/mol. The van der Waals surface area contributed by atoms with E-state index < -0.39 is 0 Å². The van der Waals surface area contributed by atoms with Crippen LogP contribution in [0.25, 0.3) is 0 Å². The SMILES string of the molecule is CCCC(CCN)CCCCN=O. The molecule has 0 fully saturated rings. The molecule has 0 aromatic rings. The van der Waals surface area contributed by atoms with Gasteiger partial charge in [0.05, 0.1) is 6.54 Å². The molecule has 0 aliphatic heterocycles. The summed E-state index contributed by atoms with van der Waals surface area (Å²) in [5.74, 6) is 0.765. The van der Waals surface area contributed by atoms with Gasteiger partial charge in [0.1, 0.15) is 0 Å². The van der Waals surface area contributed by atoms with Crippen LogP contribution in [0.5, 0.6) is 0 Å². The molecule has 0 heterocycles. The van der Waals surface area contributed by atoms with Crippen molar-refractivity contribution < 1.29 is 0 Å². The van der Waals surface area contributed by atoms with Crippen LogP contribution < -0.4 is 5.73 Å². The number of nitroso groups, excluding NO2 is 1. The summed E-state index contributed by atoms with van der Waals surface area (Å²) in [6.07, 6.45) is 6.90. The van der Waals surface area contributed by atoms with Gasteiger partial charge >= 0.3 is 0 Å². The number of unbranched alkanes of at least 4 members (excludes halogenated alkanes) is 1. The van der Waals surface area contributed by atoms with Crippen LogP contribution in [0.3, 0.4) is 0 Å². The Morgan fingerprint density at radius 1 is 1.23 bits per heavy atom. The lowest BCUT2D eigenvalue weighted by Crippen LogP contribution is -2.08. The van der Waals surface area contributed by atoms with E-state index in [4.69, 9.17) is 5.73 Å². The standard InChI is InChI=1S/C10H22N2O/c1-2-5-10(7-8-11)6-3-4-9-12-13/h10H,2-9,11H2,1H3. The van der Waals surface area contributed by atoms with Crippen molar-refractivity contribution in [3.63, 3.8) is 0 Å². The minimum Gasteiger partial charge on any atom is -0.330 e. The van der Waals surface area contributed by atoms with Crippen LogP contribution in [-0.4, -0.2) is 13.1 Å². The van der Waals surface area contributed by atoms with Crippen LogP contribution in [0.1, 0.15) is 45.4 Å². The van der Waals surface area contributed by atoms with Crippen LogP contribution in [0.2, 0.25) is 0 Å². The van der Waals surface area contributed by atoms with E-state index in [1.165, 1.54) is 19.3 Å². The molecule has 0 aromatic carbocycles. The molecule has 1 atom stereocenters. The van der Waals surface area contributed by atoms with Gasteiger partial charge in [0.15, 0.2) is 0 Å². The van der Waals surface area contributed by atoms with Crippen molar-refractivity contribution >= 4 is 0 Å². The number of hydrogen-bond acceptors (Lipinski definition) is 3. The van der Waals surface area contributed by atoms with E-state index in [-0.39, 0.29) is 0 Å². The molecule has 0 saturated carbocycles. The maximum Gasteiger partial charge on any atom is 0.0811 e. The molecule has 3 nitrogen and oxygen atoms in total. The smallest absolute Gasteiger partial charge is 0.0811 e. The van der Waals surface area contributed by atoms with Gasteiger partial charge in [-0.05, 0) is 25.3 Å². The van der Waals surface area contributed by atoms with Crippen LogP contribution in [-0.2, 0) is 0 Å². The quantitative estimate of drug-likeness (QED) is 0.444. The first kappa shape index (κ1) is 12.6. The van der Waals surface area contributed by atoms with Gasteiger partial charge in [-0.2, -0.15) is 4.91 Å². The molecular formula is C10H22N2O. The fraction of sp³-hybridized carbons (Fsp3) is 1.00. The summed E-state index contributed by atoms with van der Waals surface area (Å²) in [6.45, 7) is 3.47. The van der Waals surface area contributed by atoms with Crippen molar-refractivity contribution in [1.29, 1.82) is 0 Å². The summed E-state index contributed by atoms with van der Waals surface area (Å²) >= 11 is 0. The molecule has 0 radical (unpaired) electrons. The predicted octanol–water partition coefficient (Wildman–Crippen LogP) is 2.69. The minimum absolute atomic E-state index is 0.474. The Morgan fingerprint density at radius 3 is 2.54 bits per heavy atom. The average molecular weight is 186 g/mol. The van der Waals surface area contributed by atoms with Crippen LogP contribution in [0, 0.1) is 10.8 Å². The molecule has 0 amide bonds. The molecule has 0 aromatic heterocycles. The maximum absolute atomic E-state index is 9.83. The summed E-state index contributed by atoms with van der Waals surface area (Å²) < 4.78 is 0. The van der Waals surface area contributed by atoms with Gasteiger partial charge in [-0.1, -0.05) is 37.8 Å². The Balaban J connectivity index is 3.37. The van der Waals surface area contributed by atoms with Crippen LogP contribution in [0.4, 0.5) is 0 Å². The number of nitrogens with zero attached hydrogens (tertiary/aromatic N) is 1.